The number of rotatable bonds is 5. The van der Waals surface area contributed by atoms with E-state index in [9.17, 15) is 9.90 Å². The molecule has 0 aromatic heterocycles. The van der Waals surface area contributed by atoms with Crippen LogP contribution in [-0.2, 0) is 14.0 Å². The molecule has 29 heavy (non-hydrogen) atoms. The summed E-state index contributed by atoms with van der Waals surface area (Å²) < 4.78 is 12.2. The average molecular weight is 409 g/mol. The van der Waals surface area contributed by atoms with E-state index in [-0.39, 0.29) is 23.0 Å². The lowest BCUT2D eigenvalue weighted by Crippen LogP contribution is -2.67. The van der Waals surface area contributed by atoms with E-state index in [2.05, 4.69) is 69.3 Å². The van der Waals surface area contributed by atoms with Crippen LogP contribution in [0.5, 0.6) is 0 Å². The van der Waals surface area contributed by atoms with E-state index in [1.54, 1.807) is 0 Å². The lowest BCUT2D eigenvalue weighted by atomic mass is 9.91. The molecule has 1 fully saturated rings. The average Bonchev–Trinajstić information content (AvgIpc) is 3.23. The Balaban J connectivity index is 1.72. The maximum Gasteiger partial charge on any atom is 0.336 e. The van der Waals surface area contributed by atoms with Crippen molar-refractivity contribution in [2.24, 2.45) is 11.8 Å². The van der Waals surface area contributed by atoms with Gasteiger partial charge in [-0.15, -0.1) is 0 Å². The Morgan fingerprint density at radius 2 is 1.52 bits per heavy atom. The summed E-state index contributed by atoms with van der Waals surface area (Å²) in [7, 11) is -2.64. The molecule has 0 saturated carbocycles. The highest BCUT2D eigenvalue weighted by molar-refractivity contribution is 6.99. The number of carbonyl (C=O) groups excluding carboxylic acids is 1. The van der Waals surface area contributed by atoms with E-state index >= 15 is 0 Å². The van der Waals surface area contributed by atoms with Gasteiger partial charge in [-0.3, -0.25) is 0 Å². The highest BCUT2D eigenvalue weighted by atomic mass is 28.4. The lowest BCUT2D eigenvalue weighted by Gasteiger charge is -2.43. The normalized spacial score (nSPS) is 26.4. The molecule has 1 heterocycles. The molecule has 4 rings (SSSR count). The number of hydrogen-bond acceptors (Lipinski definition) is 4. The monoisotopic (exact) mass is 408 g/mol. The fourth-order valence-corrected chi connectivity index (χ4v) is 9.39. The third kappa shape index (κ3) is 3.37. The van der Waals surface area contributed by atoms with Crippen LogP contribution >= 0.6 is 0 Å². The summed E-state index contributed by atoms with van der Waals surface area (Å²) in [6.45, 7) is 7.16. The summed E-state index contributed by atoms with van der Waals surface area (Å²) >= 11 is 0. The standard InChI is InChI=1S/C24H28O4Si/c1-24(2,3)29(18-10-6-4-7-11-18,19-12-8-5-9-13-19)27-16-17-14-15-20-21(17)22(25)23(26)28-20/h4-15,17,20-22,25H,16H2,1-3H3/t17-,20+,21-,22?/m1/s1. The Labute approximate surface area is 173 Å². The van der Waals surface area contributed by atoms with E-state index in [1.807, 2.05) is 24.3 Å². The number of hydrogen-bond donors (Lipinski definition) is 1. The Morgan fingerprint density at radius 1 is 0.966 bits per heavy atom. The van der Waals surface area contributed by atoms with Crippen LogP contribution < -0.4 is 10.4 Å². The van der Waals surface area contributed by atoms with Crippen molar-refractivity contribution in [1.82, 2.24) is 0 Å². The van der Waals surface area contributed by atoms with Crippen LogP contribution in [0.3, 0.4) is 0 Å². The fourth-order valence-electron chi connectivity index (χ4n) is 4.79. The predicted octanol–water partition coefficient (Wildman–Crippen LogP) is 2.65. The first kappa shape index (κ1) is 20.1. The van der Waals surface area contributed by atoms with Crippen molar-refractivity contribution in [3.05, 3.63) is 72.8 Å². The van der Waals surface area contributed by atoms with E-state index in [0.717, 1.165) is 0 Å². The smallest absolute Gasteiger partial charge is 0.336 e. The lowest BCUT2D eigenvalue weighted by molar-refractivity contribution is -0.146. The van der Waals surface area contributed by atoms with Crippen molar-refractivity contribution in [3.63, 3.8) is 0 Å². The Bertz CT molecular complexity index is 849. The van der Waals surface area contributed by atoms with Gasteiger partial charge in [0, 0.05) is 18.4 Å². The van der Waals surface area contributed by atoms with Crippen LogP contribution in [0.15, 0.2) is 72.8 Å². The van der Waals surface area contributed by atoms with Gasteiger partial charge >= 0.3 is 5.97 Å². The SMILES string of the molecule is CC(C)(C)[Si](OC[C@H]1C=C[C@@H]2OC(=O)C(O)[C@H]12)(c1ccccc1)c1ccccc1. The summed E-state index contributed by atoms with van der Waals surface area (Å²) in [5.74, 6) is -0.844. The molecule has 152 valence electrons. The Hall–Kier alpha value is -2.21. The number of carbonyl (C=O) groups is 1. The summed E-state index contributed by atoms with van der Waals surface area (Å²) in [5.41, 5.74) is 0. The van der Waals surface area contributed by atoms with Crippen LogP contribution in [0, 0.1) is 11.8 Å². The quantitative estimate of drug-likeness (QED) is 0.470. The van der Waals surface area contributed by atoms with Crippen LogP contribution in [-0.4, -0.2) is 38.2 Å². The topological polar surface area (TPSA) is 55.8 Å². The molecule has 1 N–H and O–H groups in total. The van der Waals surface area contributed by atoms with Gasteiger partial charge < -0.3 is 14.3 Å². The highest BCUT2D eigenvalue weighted by Gasteiger charge is 2.53. The first-order valence-corrected chi connectivity index (χ1v) is 12.1. The van der Waals surface area contributed by atoms with Gasteiger partial charge in [-0.2, -0.15) is 0 Å². The first-order valence-electron chi connectivity index (χ1n) is 10.2. The molecule has 4 atom stereocenters. The third-order valence-electron chi connectivity index (χ3n) is 6.19. The molecular formula is C24H28O4Si. The van der Waals surface area contributed by atoms with Gasteiger partial charge in [0.1, 0.15) is 6.10 Å². The number of aliphatic hydroxyl groups is 1. The molecule has 1 saturated heterocycles. The van der Waals surface area contributed by atoms with Crippen molar-refractivity contribution in [2.45, 2.75) is 38.0 Å². The molecule has 2 aromatic rings. The Morgan fingerprint density at radius 3 is 2.03 bits per heavy atom. The molecule has 0 bridgehead atoms. The number of ether oxygens (including phenoxy) is 1. The molecule has 4 nitrogen and oxygen atoms in total. The molecule has 0 amide bonds. The molecular weight excluding hydrogens is 380 g/mol. The zero-order valence-electron chi connectivity index (χ0n) is 17.1. The fraction of sp³-hybridized carbons (Fsp3) is 0.375. The minimum Gasteiger partial charge on any atom is -0.456 e. The molecule has 2 aliphatic rings. The largest absolute Gasteiger partial charge is 0.456 e. The molecule has 0 radical (unpaired) electrons. The van der Waals surface area contributed by atoms with Gasteiger partial charge in [0.25, 0.3) is 8.32 Å². The Kier molecular flexibility index (Phi) is 5.23. The number of benzene rings is 2. The van der Waals surface area contributed by atoms with Crippen molar-refractivity contribution >= 4 is 24.7 Å². The zero-order valence-corrected chi connectivity index (χ0v) is 18.1. The van der Waals surface area contributed by atoms with Crippen molar-refractivity contribution in [1.29, 1.82) is 0 Å². The van der Waals surface area contributed by atoms with E-state index in [0.29, 0.717) is 6.61 Å². The van der Waals surface area contributed by atoms with Crippen LogP contribution in [0.4, 0.5) is 0 Å². The van der Waals surface area contributed by atoms with Crippen molar-refractivity contribution < 1.29 is 19.1 Å². The van der Waals surface area contributed by atoms with Gasteiger partial charge in [0.05, 0.1) is 0 Å². The highest BCUT2D eigenvalue weighted by Crippen LogP contribution is 2.40. The maximum absolute atomic E-state index is 11.8. The molecule has 5 heteroatoms. The summed E-state index contributed by atoms with van der Waals surface area (Å²) in [4.78, 5) is 11.8. The second-order valence-electron chi connectivity index (χ2n) is 8.95. The summed E-state index contributed by atoms with van der Waals surface area (Å²) in [6.07, 6.45) is 2.49. The predicted molar refractivity (Wildman–Crippen MR) is 116 cm³/mol. The molecule has 2 aromatic carbocycles. The molecule has 1 aliphatic heterocycles. The molecule has 1 unspecified atom stereocenters. The van der Waals surface area contributed by atoms with Gasteiger partial charge in [0.2, 0.25) is 0 Å². The number of aliphatic hydroxyl groups excluding tert-OH is 1. The maximum atomic E-state index is 11.8. The van der Waals surface area contributed by atoms with Crippen molar-refractivity contribution in [3.8, 4) is 0 Å². The van der Waals surface area contributed by atoms with Crippen LogP contribution in [0.25, 0.3) is 0 Å². The van der Waals surface area contributed by atoms with Gasteiger partial charge in [-0.25, -0.2) is 4.79 Å². The summed E-state index contributed by atoms with van der Waals surface area (Å²) in [5, 5.41) is 12.6. The van der Waals surface area contributed by atoms with Crippen molar-refractivity contribution in [2.75, 3.05) is 6.61 Å². The van der Waals surface area contributed by atoms with E-state index in [4.69, 9.17) is 9.16 Å². The minimum absolute atomic E-state index is 0.0527. The second-order valence-corrected chi connectivity index (χ2v) is 13.3. The van der Waals surface area contributed by atoms with E-state index in [1.165, 1.54) is 10.4 Å². The van der Waals surface area contributed by atoms with Crippen LogP contribution in [0.2, 0.25) is 5.04 Å². The zero-order chi connectivity index (χ0) is 20.6. The second kappa shape index (κ2) is 7.56. The molecule has 1 aliphatic carbocycles. The minimum atomic E-state index is -2.64. The summed E-state index contributed by atoms with van der Waals surface area (Å²) in [6, 6.07) is 21.0. The third-order valence-corrected chi connectivity index (χ3v) is 11.2. The number of esters is 1. The van der Waals surface area contributed by atoms with Gasteiger partial charge in [-0.1, -0.05) is 87.5 Å². The van der Waals surface area contributed by atoms with Gasteiger partial charge in [0.15, 0.2) is 6.10 Å². The van der Waals surface area contributed by atoms with E-state index < -0.39 is 20.4 Å². The first-order chi connectivity index (χ1) is 13.8. The number of fused-ring (bicyclic) bond motifs is 1. The van der Waals surface area contributed by atoms with Gasteiger partial charge in [-0.05, 0) is 21.5 Å². The molecule has 0 spiro atoms. The van der Waals surface area contributed by atoms with Crippen LogP contribution in [0.1, 0.15) is 20.8 Å².